The van der Waals surface area contributed by atoms with Gasteiger partial charge in [-0.2, -0.15) is 13.2 Å². The van der Waals surface area contributed by atoms with E-state index >= 15 is 0 Å². The summed E-state index contributed by atoms with van der Waals surface area (Å²) in [6.07, 6.45) is -2.99. The maximum absolute atomic E-state index is 12.9. The number of hydrogen-bond acceptors (Lipinski definition) is 7. The van der Waals surface area contributed by atoms with Gasteiger partial charge in [-0.1, -0.05) is 5.16 Å². The second-order valence-electron chi connectivity index (χ2n) is 5.73. The molecule has 0 bridgehead atoms. The van der Waals surface area contributed by atoms with Crippen LogP contribution in [0.3, 0.4) is 0 Å². The minimum absolute atomic E-state index is 0.215. The number of ether oxygens (including phenoxy) is 1. The Kier molecular flexibility index (Phi) is 5.03. The van der Waals surface area contributed by atoms with E-state index in [9.17, 15) is 22.8 Å². The van der Waals surface area contributed by atoms with E-state index in [2.05, 4.69) is 9.99 Å². The predicted molar refractivity (Wildman–Crippen MR) is 88.8 cm³/mol. The average molecular weight is 388 g/mol. The Hall–Kier alpha value is -2.36. The van der Waals surface area contributed by atoms with Crippen molar-refractivity contribution in [1.82, 2.24) is 0 Å². The van der Waals surface area contributed by atoms with Gasteiger partial charge in [0.1, 0.15) is 0 Å². The third-order valence-corrected chi connectivity index (χ3v) is 5.08. The molecule has 0 spiro atoms. The van der Waals surface area contributed by atoms with Crippen LogP contribution in [0.4, 0.5) is 18.2 Å². The third-order valence-electron chi connectivity index (χ3n) is 3.98. The van der Waals surface area contributed by atoms with Crippen molar-refractivity contribution in [2.45, 2.75) is 19.5 Å². The van der Waals surface area contributed by atoms with E-state index in [1.165, 1.54) is 11.3 Å². The van der Waals surface area contributed by atoms with Gasteiger partial charge < -0.3 is 14.5 Å². The number of oxime groups is 1. The van der Waals surface area contributed by atoms with Gasteiger partial charge in [0.2, 0.25) is 0 Å². The summed E-state index contributed by atoms with van der Waals surface area (Å²) in [6, 6.07) is 3.36. The van der Waals surface area contributed by atoms with Gasteiger partial charge in [0.15, 0.2) is 5.71 Å². The summed E-state index contributed by atoms with van der Waals surface area (Å²) in [5.74, 6) is -1.59. The number of esters is 1. The molecule has 1 unspecified atom stereocenters. The van der Waals surface area contributed by atoms with E-state index < -0.39 is 23.4 Å². The van der Waals surface area contributed by atoms with Crippen LogP contribution in [0.5, 0.6) is 0 Å². The first-order valence-corrected chi connectivity index (χ1v) is 8.71. The zero-order valence-corrected chi connectivity index (χ0v) is 14.5. The average Bonchev–Trinajstić information content (AvgIpc) is 3.28. The van der Waals surface area contributed by atoms with E-state index in [0.29, 0.717) is 31.0 Å². The van der Waals surface area contributed by atoms with Crippen molar-refractivity contribution in [3.05, 3.63) is 22.6 Å². The molecule has 26 heavy (non-hydrogen) atoms. The third kappa shape index (κ3) is 3.74. The quantitative estimate of drug-likeness (QED) is 0.451. The molecule has 1 atom stereocenters. The number of anilines is 1. The second-order valence-corrected chi connectivity index (χ2v) is 6.83. The Morgan fingerprint density at radius 1 is 1.50 bits per heavy atom. The Labute approximate surface area is 150 Å². The van der Waals surface area contributed by atoms with Gasteiger partial charge in [0.05, 0.1) is 23.1 Å². The van der Waals surface area contributed by atoms with Crippen LogP contribution in [0.25, 0.3) is 6.08 Å². The van der Waals surface area contributed by atoms with E-state index in [-0.39, 0.29) is 11.9 Å². The molecule has 2 aliphatic rings. The van der Waals surface area contributed by atoms with Crippen molar-refractivity contribution in [3.63, 3.8) is 0 Å². The number of nitrogens with zero attached hydrogens (tertiary/aromatic N) is 2. The van der Waals surface area contributed by atoms with Crippen molar-refractivity contribution >= 4 is 40.1 Å². The fourth-order valence-corrected chi connectivity index (χ4v) is 3.74. The van der Waals surface area contributed by atoms with Crippen LogP contribution in [0, 0.1) is 5.92 Å². The first kappa shape index (κ1) is 18.4. The minimum atomic E-state index is -4.76. The zero-order chi connectivity index (χ0) is 18.9. The van der Waals surface area contributed by atoms with Gasteiger partial charge in [-0.05, 0) is 31.6 Å². The van der Waals surface area contributed by atoms with Crippen LogP contribution in [0.15, 0.2) is 22.9 Å². The molecule has 0 radical (unpaired) electrons. The Morgan fingerprint density at radius 2 is 2.27 bits per heavy atom. The highest BCUT2D eigenvalue weighted by molar-refractivity contribution is 7.17. The number of carbonyl (C=O) groups is 2. The van der Waals surface area contributed by atoms with E-state index in [1.807, 2.05) is 4.90 Å². The zero-order valence-electron chi connectivity index (χ0n) is 13.7. The molecule has 0 N–H and O–H groups in total. The highest BCUT2D eigenvalue weighted by Gasteiger charge is 2.45. The molecule has 1 aromatic heterocycles. The lowest BCUT2D eigenvalue weighted by atomic mass is 10.1. The number of carbonyl (C=O) groups excluding carboxylic acids is 2. The van der Waals surface area contributed by atoms with Gasteiger partial charge >= 0.3 is 18.1 Å². The number of thiophene rings is 1. The predicted octanol–water partition coefficient (Wildman–Crippen LogP) is 3.00. The molecule has 140 valence electrons. The van der Waals surface area contributed by atoms with E-state index in [0.717, 1.165) is 11.1 Å². The maximum atomic E-state index is 12.9. The summed E-state index contributed by atoms with van der Waals surface area (Å²) in [5.41, 5.74) is -1.95. The van der Waals surface area contributed by atoms with Crippen molar-refractivity contribution < 1.29 is 32.3 Å². The number of hydrogen-bond donors (Lipinski definition) is 0. The summed E-state index contributed by atoms with van der Waals surface area (Å²) in [6.45, 7) is 3.21. The van der Waals surface area contributed by atoms with Crippen LogP contribution in [0.1, 0.15) is 18.2 Å². The Balaban J connectivity index is 1.74. The summed E-state index contributed by atoms with van der Waals surface area (Å²) in [5, 5.41) is 3.62. The van der Waals surface area contributed by atoms with Gasteiger partial charge in [-0.25, -0.2) is 4.79 Å². The lowest BCUT2D eigenvalue weighted by Gasteiger charge is -2.15. The molecular weight excluding hydrogens is 373 g/mol. The van der Waals surface area contributed by atoms with Gasteiger partial charge in [-0.3, -0.25) is 4.79 Å². The van der Waals surface area contributed by atoms with E-state index in [4.69, 9.17) is 4.74 Å². The van der Waals surface area contributed by atoms with Crippen molar-refractivity contribution in [2.75, 3.05) is 24.6 Å². The molecule has 6 nitrogen and oxygen atoms in total. The highest BCUT2D eigenvalue weighted by atomic mass is 32.1. The van der Waals surface area contributed by atoms with Gasteiger partial charge in [0, 0.05) is 18.0 Å². The van der Waals surface area contributed by atoms with Crippen molar-refractivity contribution in [3.8, 4) is 0 Å². The smallest absolute Gasteiger partial charge is 0.437 e. The molecule has 10 heteroatoms. The molecule has 0 aromatic carbocycles. The largest absolute Gasteiger partial charge is 0.466 e. The molecule has 0 aliphatic carbocycles. The van der Waals surface area contributed by atoms with Gasteiger partial charge in [0.25, 0.3) is 0 Å². The lowest BCUT2D eigenvalue weighted by Crippen LogP contribution is -2.24. The Bertz CT molecular complexity index is 785. The summed E-state index contributed by atoms with van der Waals surface area (Å²) in [7, 11) is 0. The lowest BCUT2D eigenvalue weighted by molar-refractivity contribution is -0.147. The van der Waals surface area contributed by atoms with Crippen molar-refractivity contribution in [2.24, 2.45) is 11.1 Å². The monoisotopic (exact) mass is 388 g/mol. The molecule has 3 rings (SSSR count). The molecule has 0 amide bonds. The summed E-state index contributed by atoms with van der Waals surface area (Å²) >= 11 is 1.23. The first-order chi connectivity index (χ1) is 12.3. The van der Waals surface area contributed by atoms with Crippen molar-refractivity contribution in [1.29, 1.82) is 0 Å². The Morgan fingerprint density at radius 3 is 2.96 bits per heavy atom. The van der Waals surface area contributed by atoms with Gasteiger partial charge in [-0.15, -0.1) is 11.3 Å². The number of rotatable bonds is 4. The van der Waals surface area contributed by atoms with Crippen LogP contribution in [-0.2, 0) is 19.2 Å². The van der Waals surface area contributed by atoms with Crippen LogP contribution < -0.4 is 4.90 Å². The molecule has 1 fully saturated rings. The summed E-state index contributed by atoms with van der Waals surface area (Å²) < 4.78 is 43.6. The summed E-state index contributed by atoms with van der Waals surface area (Å²) in [4.78, 5) is 29.9. The van der Waals surface area contributed by atoms with E-state index in [1.54, 1.807) is 19.1 Å². The molecule has 1 saturated heterocycles. The molecule has 2 aliphatic heterocycles. The standard InChI is InChI=1S/C16H15F3N2O4S/c1-2-24-14(22)9-5-6-21(8-9)12-4-3-10(26-12)7-11-13(16(17,18)19)20-25-15(11)23/h3-4,7,9H,2,5-6,8H2,1H3. The molecular formula is C16H15F3N2O4S. The second kappa shape index (κ2) is 7.10. The SMILES string of the molecule is CCOC(=O)C1CCN(c2ccc(C=C3C(=O)ON=C3C(F)(F)F)s2)C1. The normalized spacial score (nSPS) is 21.9. The first-order valence-electron chi connectivity index (χ1n) is 7.89. The molecule has 1 aromatic rings. The van der Waals surface area contributed by atoms with Crippen LogP contribution >= 0.6 is 11.3 Å². The fourth-order valence-electron chi connectivity index (χ4n) is 2.76. The topological polar surface area (TPSA) is 68.2 Å². The number of alkyl halides is 3. The fraction of sp³-hybridized carbons (Fsp3) is 0.438. The van der Waals surface area contributed by atoms with Crippen LogP contribution in [-0.4, -0.2) is 43.5 Å². The minimum Gasteiger partial charge on any atom is -0.466 e. The number of halogens is 3. The molecule has 3 heterocycles. The highest BCUT2D eigenvalue weighted by Crippen LogP contribution is 2.34. The maximum Gasteiger partial charge on any atom is 0.437 e. The van der Waals surface area contributed by atoms with Crippen LogP contribution in [0.2, 0.25) is 0 Å². The molecule has 0 saturated carbocycles.